The molecule has 0 aliphatic heterocycles. The van der Waals surface area contributed by atoms with Gasteiger partial charge in [-0.25, -0.2) is 4.98 Å². The molecule has 1 aromatic rings. The molecule has 1 heterocycles. The van der Waals surface area contributed by atoms with Gasteiger partial charge in [-0.05, 0) is 13.3 Å². The first-order valence-corrected chi connectivity index (χ1v) is 6.41. The molecule has 3 nitrogen and oxygen atoms in total. The molecule has 0 fully saturated rings. The van der Waals surface area contributed by atoms with E-state index in [1.807, 2.05) is 6.92 Å². The smallest absolute Gasteiger partial charge is 0.119 e. The van der Waals surface area contributed by atoms with Gasteiger partial charge >= 0.3 is 0 Å². The zero-order chi connectivity index (χ0) is 11.1. The molecule has 0 bridgehead atoms. The maximum Gasteiger partial charge on any atom is 0.119 e. The highest BCUT2D eigenvalue weighted by atomic mass is 32.1. The summed E-state index contributed by atoms with van der Waals surface area (Å²) in [7, 11) is 0. The summed E-state index contributed by atoms with van der Waals surface area (Å²) in [6.45, 7) is 6.23. The third-order valence-corrected chi connectivity index (χ3v) is 3.18. The lowest BCUT2D eigenvalue weighted by Crippen LogP contribution is -2.12. The van der Waals surface area contributed by atoms with E-state index in [4.69, 9.17) is 10.5 Å². The number of rotatable bonds is 7. The molecule has 86 valence electrons. The van der Waals surface area contributed by atoms with Crippen LogP contribution in [0, 0.1) is 0 Å². The van der Waals surface area contributed by atoms with E-state index in [-0.39, 0.29) is 0 Å². The van der Waals surface area contributed by atoms with Gasteiger partial charge in [0.05, 0.1) is 12.3 Å². The molecular weight excluding hydrogens is 208 g/mol. The Morgan fingerprint density at radius 2 is 2.33 bits per heavy atom. The molecule has 1 aromatic heterocycles. The minimum absolute atomic E-state index is 0.418. The lowest BCUT2D eigenvalue weighted by Gasteiger charge is -2.09. The summed E-state index contributed by atoms with van der Waals surface area (Å²) in [5.41, 5.74) is 6.87. The van der Waals surface area contributed by atoms with Gasteiger partial charge in [-0.2, -0.15) is 0 Å². The van der Waals surface area contributed by atoms with Crippen molar-refractivity contribution in [3.8, 4) is 0 Å². The highest BCUT2D eigenvalue weighted by Gasteiger charge is 2.12. The molecule has 0 amide bonds. The Morgan fingerprint density at radius 1 is 1.53 bits per heavy atom. The van der Waals surface area contributed by atoms with Crippen molar-refractivity contribution in [2.75, 3.05) is 13.2 Å². The summed E-state index contributed by atoms with van der Waals surface area (Å²) >= 11 is 1.67. The van der Waals surface area contributed by atoms with Crippen LogP contribution < -0.4 is 5.73 Å². The Hall–Kier alpha value is -0.450. The average molecular weight is 228 g/mol. The summed E-state index contributed by atoms with van der Waals surface area (Å²) in [6.07, 6.45) is 2.27. The number of nitrogens with zero attached hydrogens (tertiary/aromatic N) is 1. The minimum atomic E-state index is 0.418. The lowest BCUT2D eigenvalue weighted by molar-refractivity contribution is 0.133. The van der Waals surface area contributed by atoms with Gasteiger partial charge in [-0.1, -0.05) is 13.3 Å². The van der Waals surface area contributed by atoms with Crippen molar-refractivity contribution in [3.05, 3.63) is 16.1 Å². The van der Waals surface area contributed by atoms with Gasteiger partial charge in [0.25, 0.3) is 0 Å². The molecule has 0 aliphatic carbocycles. The summed E-state index contributed by atoms with van der Waals surface area (Å²) in [5, 5.41) is 3.17. The van der Waals surface area contributed by atoms with Crippen LogP contribution >= 0.6 is 11.3 Å². The topological polar surface area (TPSA) is 48.1 Å². The van der Waals surface area contributed by atoms with Crippen LogP contribution in [0.2, 0.25) is 0 Å². The molecule has 0 spiro atoms. The van der Waals surface area contributed by atoms with Crippen LogP contribution in [0.3, 0.4) is 0 Å². The van der Waals surface area contributed by atoms with Crippen LogP contribution in [-0.2, 0) is 11.3 Å². The quantitative estimate of drug-likeness (QED) is 0.780. The second kappa shape index (κ2) is 6.93. The van der Waals surface area contributed by atoms with Gasteiger partial charge in [-0.3, -0.25) is 0 Å². The normalized spacial score (nSPS) is 13.0. The lowest BCUT2D eigenvalue weighted by atomic mass is 10.0. The van der Waals surface area contributed by atoms with Gasteiger partial charge in [0.2, 0.25) is 0 Å². The Bertz CT molecular complexity index is 275. The van der Waals surface area contributed by atoms with Crippen LogP contribution in [0.5, 0.6) is 0 Å². The van der Waals surface area contributed by atoms with Crippen molar-refractivity contribution in [2.24, 2.45) is 5.73 Å². The molecule has 1 atom stereocenters. The minimum Gasteiger partial charge on any atom is -0.375 e. The Balaban J connectivity index is 2.56. The van der Waals surface area contributed by atoms with Crippen molar-refractivity contribution in [2.45, 2.75) is 39.2 Å². The first-order valence-electron chi connectivity index (χ1n) is 5.53. The molecule has 0 saturated carbocycles. The Labute approximate surface area is 95.7 Å². The highest BCUT2D eigenvalue weighted by molar-refractivity contribution is 7.09. The van der Waals surface area contributed by atoms with Crippen LogP contribution in [0.25, 0.3) is 0 Å². The molecule has 1 rings (SSSR count). The van der Waals surface area contributed by atoms with E-state index in [0.29, 0.717) is 19.1 Å². The van der Waals surface area contributed by atoms with Crippen molar-refractivity contribution in [3.63, 3.8) is 0 Å². The molecule has 4 heteroatoms. The van der Waals surface area contributed by atoms with Gasteiger partial charge in [0, 0.05) is 24.4 Å². The fourth-order valence-corrected chi connectivity index (χ4v) is 2.31. The largest absolute Gasteiger partial charge is 0.375 e. The van der Waals surface area contributed by atoms with Crippen LogP contribution in [-0.4, -0.2) is 18.1 Å². The third-order valence-electron chi connectivity index (χ3n) is 2.34. The van der Waals surface area contributed by atoms with E-state index in [1.54, 1.807) is 11.3 Å². The van der Waals surface area contributed by atoms with Crippen LogP contribution in [0.1, 0.15) is 43.3 Å². The number of hydrogen-bond acceptors (Lipinski definition) is 4. The molecule has 0 radical (unpaired) electrons. The van der Waals surface area contributed by atoms with Gasteiger partial charge in [-0.15, -0.1) is 11.3 Å². The second-order valence-corrected chi connectivity index (χ2v) is 4.47. The molecule has 1 unspecified atom stereocenters. The van der Waals surface area contributed by atoms with E-state index >= 15 is 0 Å². The molecule has 0 aromatic carbocycles. The number of aromatic nitrogens is 1. The van der Waals surface area contributed by atoms with E-state index in [2.05, 4.69) is 17.3 Å². The van der Waals surface area contributed by atoms with E-state index in [9.17, 15) is 0 Å². The second-order valence-electron chi connectivity index (χ2n) is 3.52. The maximum atomic E-state index is 5.73. The Kier molecular flexibility index (Phi) is 5.83. The maximum absolute atomic E-state index is 5.73. The molecular formula is C11H20N2OS. The highest BCUT2D eigenvalue weighted by Crippen LogP contribution is 2.22. The number of nitrogens with two attached hydrogens (primary N) is 1. The standard InChI is InChI=1S/C11H20N2OS/c1-3-5-9(6-12)10-8-15-11(13-10)7-14-4-2/h8-9H,3-7,12H2,1-2H3. The summed E-state index contributed by atoms with van der Waals surface area (Å²) < 4.78 is 5.32. The van der Waals surface area contributed by atoms with Crippen molar-refractivity contribution in [1.29, 1.82) is 0 Å². The first-order chi connectivity index (χ1) is 7.31. The zero-order valence-electron chi connectivity index (χ0n) is 9.53. The molecule has 0 aliphatic rings. The van der Waals surface area contributed by atoms with Gasteiger partial charge < -0.3 is 10.5 Å². The Morgan fingerprint density at radius 3 is 2.93 bits per heavy atom. The number of ether oxygens (including phenoxy) is 1. The average Bonchev–Trinajstić information content (AvgIpc) is 2.71. The fraction of sp³-hybridized carbons (Fsp3) is 0.727. The van der Waals surface area contributed by atoms with Crippen molar-refractivity contribution >= 4 is 11.3 Å². The predicted molar refractivity (Wildman–Crippen MR) is 64.1 cm³/mol. The van der Waals surface area contributed by atoms with Gasteiger partial charge in [0.15, 0.2) is 0 Å². The number of hydrogen-bond donors (Lipinski definition) is 1. The van der Waals surface area contributed by atoms with Crippen LogP contribution in [0.15, 0.2) is 5.38 Å². The first kappa shape index (κ1) is 12.6. The number of thiazole rings is 1. The summed E-state index contributed by atoms with van der Waals surface area (Å²) in [4.78, 5) is 4.55. The molecule has 0 saturated heterocycles. The zero-order valence-corrected chi connectivity index (χ0v) is 10.3. The van der Waals surface area contributed by atoms with Crippen molar-refractivity contribution < 1.29 is 4.74 Å². The summed E-state index contributed by atoms with van der Waals surface area (Å²) in [6, 6.07) is 0. The van der Waals surface area contributed by atoms with Gasteiger partial charge in [0.1, 0.15) is 5.01 Å². The van der Waals surface area contributed by atoms with E-state index in [0.717, 1.165) is 30.2 Å². The fourth-order valence-electron chi connectivity index (χ4n) is 1.50. The predicted octanol–water partition coefficient (Wildman–Crippen LogP) is 2.52. The monoisotopic (exact) mass is 228 g/mol. The van der Waals surface area contributed by atoms with Crippen molar-refractivity contribution in [1.82, 2.24) is 4.98 Å². The summed E-state index contributed by atoms with van der Waals surface area (Å²) in [5.74, 6) is 0.418. The van der Waals surface area contributed by atoms with E-state index < -0.39 is 0 Å². The SMILES string of the molecule is CCCC(CN)c1csc(COCC)n1. The van der Waals surface area contributed by atoms with Crippen LogP contribution in [0.4, 0.5) is 0 Å². The molecule has 15 heavy (non-hydrogen) atoms. The van der Waals surface area contributed by atoms with E-state index in [1.165, 1.54) is 0 Å². The third kappa shape index (κ3) is 3.89. The molecule has 2 N–H and O–H groups in total.